The highest BCUT2D eigenvalue weighted by atomic mass is 16.5. The van der Waals surface area contributed by atoms with Crippen molar-refractivity contribution >= 4 is 0 Å². The third-order valence-corrected chi connectivity index (χ3v) is 3.60. The second-order valence-corrected chi connectivity index (χ2v) is 5.16. The molecule has 0 amide bonds. The predicted octanol–water partition coefficient (Wildman–Crippen LogP) is 0.851. The van der Waals surface area contributed by atoms with E-state index in [2.05, 4.69) is 4.90 Å². The summed E-state index contributed by atoms with van der Waals surface area (Å²) >= 11 is 0. The Labute approximate surface area is 118 Å². The lowest BCUT2D eigenvalue weighted by molar-refractivity contribution is 0.126. The first-order valence-electron chi connectivity index (χ1n) is 7.22. The zero-order chi connectivity index (χ0) is 14.6. The number of hydrogen-bond acceptors (Lipinski definition) is 5. The first-order chi connectivity index (χ1) is 9.11. The van der Waals surface area contributed by atoms with Gasteiger partial charge in [0.25, 0.3) is 0 Å². The molecule has 0 aromatic heterocycles. The van der Waals surface area contributed by atoms with Crippen LogP contribution in [0.15, 0.2) is 0 Å². The summed E-state index contributed by atoms with van der Waals surface area (Å²) in [5, 5.41) is 9.29. The highest BCUT2D eigenvalue weighted by Crippen LogP contribution is 2.13. The molecule has 0 aromatic rings. The summed E-state index contributed by atoms with van der Waals surface area (Å²) in [6.45, 7) is 6.56. The van der Waals surface area contributed by atoms with E-state index in [9.17, 15) is 5.11 Å². The number of aliphatic hydroxyl groups is 1. The molecule has 0 aliphatic rings. The monoisotopic (exact) mass is 276 g/mol. The van der Waals surface area contributed by atoms with Gasteiger partial charge < -0.3 is 25.2 Å². The molecule has 0 bridgehead atoms. The van der Waals surface area contributed by atoms with Crippen LogP contribution in [0.25, 0.3) is 0 Å². The van der Waals surface area contributed by atoms with Crippen molar-refractivity contribution in [2.75, 3.05) is 53.7 Å². The molecule has 1 unspecified atom stereocenters. The maximum absolute atomic E-state index is 9.29. The minimum absolute atomic E-state index is 0.0608. The van der Waals surface area contributed by atoms with Crippen LogP contribution in [-0.2, 0) is 9.47 Å². The average Bonchev–Trinajstić information content (AvgIpc) is 2.44. The predicted molar refractivity (Wildman–Crippen MR) is 78.3 cm³/mol. The van der Waals surface area contributed by atoms with Gasteiger partial charge in [0.1, 0.15) is 0 Å². The van der Waals surface area contributed by atoms with Crippen LogP contribution >= 0.6 is 0 Å². The van der Waals surface area contributed by atoms with Gasteiger partial charge in [-0.05, 0) is 32.2 Å². The molecular weight excluding hydrogens is 244 g/mol. The maximum atomic E-state index is 9.29. The molecule has 0 heterocycles. The van der Waals surface area contributed by atoms with Crippen molar-refractivity contribution in [2.24, 2.45) is 5.73 Å². The summed E-state index contributed by atoms with van der Waals surface area (Å²) in [7, 11) is 3.45. The first kappa shape index (κ1) is 18.8. The fraction of sp³-hybridized carbons (Fsp3) is 1.00. The van der Waals surface area contributed by atoms with Gasteiger partial charge in [0.2, 0.25) is 0 Å². The summed E-state index contributed by atoms with van der Waals surface area (Å²) in [6, 6.07) is 0. The lowest BCUT2D eigenvalue weighted by Gasteiger charge is -2.28. The van der Waals surface area contributed by atoms with Crippen molar-refractivity contribution in [3.63, 3.8) is 0 Å². The van der Waals surface area contributed by atoms with Gasteiger partial charge >= 0.3 is 0 Å². The largest absolute Gasteiger partial charge is 0.394 e. The third-order valence-electron chi connectivity index (χ3n) is 3.60. The minimum Gasteiger partial charge on any atom is -0.394 e. The Morgan fingerprint density at radius 1 is 1.05 bits per heavy atom. The second kappa shape index (κ2) is 11.6. The molecule has 3 N–H and O–H groups in total. The van der Waals surface area contributed by atoms with Crippen LogP contribution in [0.5, 0.6) is 0 Å². The number of nitrogens with two attached hydrogens (primary N) is 1. The van der Waals surface area contributed by atoms with Crippen molar-refractivity contribution in [1.82, 2.24) is 4.90 Å². The van der Waals surface area contributed by atoms with Gasteiger partial charge in [-0.15, -0.1) is 0 Å². The first-order valence-corrected chi connectivity index (χ1v) is 7.22. The van der Waals surface area contributed by atoms with Crippen LogP contribution in [0.4, 0.5) is 0 Å². The summed E-state index contributed by atoms with van der Waals surface area (Å²) < 4.78 is 10.2. The van der Waals surface area contributed by atoms with E-state index in [1.165, 1.54) is 0 Å². The zero-order valence-electron chi connectivity index (χ0n) is 12.9. The zero-order valence-corrected chi connectivity index (χ0v) is 12.9. The fourth-order valence-corrected chi connectivity index (χ4v) is 2.01. The number of methoxy groups -OCH3 is 2. The van der Waals surface area contributed by atoms with Gasteiger partial charge in [-0.2, -0.15) is 0 Å². The highest BCUT2D eigenvalue weighted by molar-refractivity contribution is 4.81. The summed E-state index contributed by atoms with van der Waals surface area (Å²) in [5.41, 5.74) is 5.67. The van der Waals surface area contributed by atoms with Crippen molar-refractivity contribution in [1.29, 1.82) is 0 Å². The van der Waals surface area contributed by atoms with Gasteiger partial charge in [0.15, 0.2) is 0 Å². The Morgan fingerprint density at radius 3 is 2.21 bits per heavy atom. The van der Waals surface area contributed by atoms with E-state index in [4.69, 9.17) is 15.2 Å². The number of hydrogen-bond donors (Lipinski definition) is 2. The Bertz CT molecular complexity index is 199. The Hall–Kier alpha value is -0.200. The van der Waals surface area contributed by atoms with Crippen molar-refractivity contribution in [3.8, 4) is 0 Å². The fourth-order valence-electron chi connectivity index (χ4n) is 2.01. The molecule has 5 heteroatoms. The Kier molecular flexibility index (Phi) is 11.5. The van der Waals surface area contributed by atoms with Gasteiger partial charge in [-0.3, -0.25) is 0 Å². The molecule has 5 nitrogen and oxygen atoms in total. The minimum atomic E-state index is -0.417. The molecule has 116 valence electrons. The van der Waals surface area contributed by atoms with Crippen LogP contribution in [0.1, 0.15) is 32.6 Å². The number of nitrogens with zero attached hydrogens (tertiary/aromatic N) is 1. The van der Waals surface area contributed by atoms with Crippen molar-refractivity contribution < 1.29 is 14.6 Å². The summed E-state index contributed by atoms with van der Waals surface area (Å²) in [5.74, 6) is 0. The summed E-state index contributed by atoms with van der Waals surface area (Å²) in [6.07, 6.45) is 3.70. The second-order valence-electron chi connectivity index (χ2n) is 5.16. The smallest absolute Gasteiger partial charge is 0.0611 e. The molecule has 1 atom stereocenters. The van der Waals surface area contributed by atoms with Crippen molar-refractivity contribution in [2.45, 2.75) is 38.1 Å². The molecule has 0 aromatic carbocycles. The molecule has 0 rings (SSSR count). The van der Waals surface area contributed by atoms with E-state index in [1.54, 1.807) is 14.2 Å². The number of ether oxygens (including phenoxy) is 2. The SMILES string of the molecule is CCC(N)(CO)CCCN(CCCOC)CCOC. The molecule has 0 saturated carbocycles. The Balaban J connectivity index is 3.95. The molecule has 0 aliphatic carbocycles. The molecular formula is C14H32N2O3. The van der Waals surface area contributed by atoms with Crippen LogP contribution in [0, 0.1) is 0 Å². The number of rotatable bonds is 13. The summed E-state index contributed by atoms with van der Waals surface area (Å²) in [4.78, 5) is 2.37. The van der Waals surface area contributed by atoms with Crippen LogP contribution < -0.4 is 5.73 Å². The number of aliphatic hydroxyl groups excluding tert-OH is 1. The van der Waals surface area contributed by atoms with Crippen LogP contribution in [0.3, 0.4) is 0 Å². The van der Waals surface area contributed by atoms with E-state index in [0.29, 0.717) is 0 Å². The lowest BCUT2D eigenvalue weighted by atomic mass is 9.92. The molecule has 0 fully saturated rings. The van der Waals surface area contributed by atoms with E-state index in [-0.39, 0.29) is 6.61 Å². The van der Waals surface area contributed by atoms with Crippen LogP contribution in [0.2, 0.25) is 0 Å². The van der Waals surface area contributed by atoms with E-state index in [1.807, 2.05) is 6.92 Å². The quantitative estimate of drug-likeness (QED) is 0.488. The maximum Gasteiger partial charge on any atom is 0.0611 e. The van der Waals surface area contributed by atoms with Gasteiger partial charge in [0.05, 0.1) is 13.2 Å². The van der Waals surface area contributed by atoms with Gasteiger partial charge in [0, 0.05) is 39.5 Å². The Morgan fingerprint density at radius 2 is 1.68 bits per heavy atom. The van der Waals surface area contributed by atoms with Gasteiger partial charge in [-0.25, -0.2) is 0 Å². The van der Waals surface area contributed by atoms with E-state index < -0.39 is 5.54 Å². The lowest BCUT2D eigenvalue weighted by Crippen LogP contribution is -2.43. The van der Waals surface area contributed by atoms with Crippen LogP contribution in [-0.4, -0.2) is 69.2 Å². The molecule has 0 radical (unpaired) electrons. The molecule has 19 heavy (non-hydrogen) atoms. The topological polar surface area (TPSA) is 68.0 Å². The highest BCUT2D eigenvalue weighted by Gasteiger charge is 2.21. The standard InChI is InChI=1S/C14H32N2O3/c1-4-14(15,13-17)7-5-8-16(10-12-19-3)9-6-11-18-2/h17H,4-13,15H2,1-3H3. The van der Waals surface area contributed by atoms with Gasteiger partial charge in [-0.1, -0.05) is 6.92 Å². The molecule has 0 saturated heterocycles. The molecule has 0 aliphatic heterocycles. The normalized spacial score (nSPS) is 14.8. The van der Waals surface area contributed by atoms with E-state index in [0.717, 1.165) is 58.5 Å². The molecule has 0 spiro atoms. The van der Waals surface area contributed by atoms with Crippen molar-refractivity contribution in [3.05, 3.63) is 0 Å². The van der Waals surface area contributed by atoms with E-state index >= 15 is 0 Å². The average molecular weight is 276 g/mol. The third kappa shape index (κ3) is 9.35.